The molecule has 2 unspecified atom stereocenters. The molecule has 4 N–H and O–H groups in total. The summed E-state index contributed by atoms with van der Waals surface area (Å²) in [7, 11) is 0. The average Bonchev–Trinajstić information content (AvgIpc) is 2.05. The Hall–Kier alpha value is -0.0800. The smallest absolute Gasteiger partial charge is 0.00514 e. The lowest BCUT2D eigenvalue weighted by Crippen LogP contribution is -2.17. The first kappa shape index (κ1) is 11.9. The van der Waals surface area contributed by atoms with Gasteiger partial charge in [-0.1, -0.05) is 26.7 Å². The lowest BCUT2D eigenvalue weighted by Gasteiger charge is -2.18. The van der Waals surface area contributed by atoms with E-state index >= 15 is 0 Å². The minimum absolute atomic E-state index is 0.660. The second-order valence-electron chi connectivity index (χ2n) is 3.81. The zero-order chi connectivity index (χ0) is 9.40. The van der Waals surface area contributed by atoms with Crippen LogP contribution in [0.2, 0.25) is 0 Å². The molecule has 0 aliphatic carbocycles. The molecule has 0 aromatic rings. The normalized spacial score (nSPS) is 16.0. The summed E-state index contributed by atoms with van der Waals surface area (Å²) in [6.07, 6.45) is 4.99. The Morgan fingerprint density at radius 1 is 1.17 bits per heavy atom. The van der Waals surface area contributed by atoms with E-state index in [1.807, 2.05) is 0 Å². The predicted molar refractivity (Wildman–Crippen MR) is 54.9 cm³/mol. The molecule has 12 heavy (non-hydrogen) atoms. The fourth-order valence-electron chi connectivity index (χ4n) is 1.69. The van der Waals surface area contributed by atoms with E-state index in [2.05, 4.69) is 13.8 Å². The molecule has 0 aliphatic rings. The van der Waals surface area contributed by atoms with Crippen molar-refractivity contribution in [2.24, 2.45) is 23.3 Å². The van der Waals surface area contributed by atoms with E-state index in [9.17, 15) is 0 Å². The fourth-order valence-corrected chi connectivity index (χ4v) is 1.69. The first-order valence-corrected chi connectivity index (χ1v) is 5.14. The molecule has 0 fully saturated rings. The van der Waals surface area contributed by atoms with E-state index in [4.69, 9.17) is 11.5 Å². The summed E-state index contributed by atoms with van der Waals surface area (Å²) in [6.45, 7) is 6.09. The van der Waals surface area contributed by atoms with Crippen LogP contribution in [-0.4, -0.2) is 13.1 Å². The molecule has 2 atom stereocenters. The minimum Gasteiger partial charge on any atom is -0.330 e. The molecule has 0 aromatic heterocycles. The van der Waals surface area contributed by atoms with Crippen molar-refractivity contribution in [2.45, 2.75) is 39.5 Å². The van der Waals surface area contributed by atoms with Crippen molar-refractivity contribution in [1.29, 1.82) is 0 Å². The predicted octanol–water partition coefficient (Wildman–Crippen LogP) is 1.74. The monoisotopic (exact) mass is 172 g/mol. The maximum atomic E-state index is 5.58. The lowest BCUT2D eigenvalue weighted by molar-refractivity contribution is 0.355. The zero-order valence-electron chi connectivity index (χ0n) is 8.55. The van der Waals surface area contributed by atoms with Gasteiger partial charge in [0.2, 0.25) is 0 Å². The number of hydrogen-bond donors (Lipinski definition) is 2. The molecule has 0 rings (SSSR count). The standard InChI is InChI=1S/C10H24N2/c1-3-4-10(5-6-11)7-9(2)8-12/h9-10H,3-8,11-12H2,1-2H3. The minimum atomic E-state index is 0.660. The van der Waals surface area contributed by atoms with Crippen LogP contribution in [0.4, 0.5) is 0 Å². The molecule has 0 spiro atoms. The molecule has 0 amide bonds. The van der Waals surface area contributed by atoms with Crippen LogP contribution in [0.25, 0.3) is 0 Å². The van der Waals surface area contributed by atoms with Gasteiger partial charge in [-0.25, -0.2) is 0 Å². The molecule has 0 bridgehead atoms. The summed E-state index contributed by atoms with van der Waals surface area (Å²) in [4.78, 5) is 0. The van der Waals surface area contributed by atoms with Gasteiger partial charge in [0.15, 0.2) is 0 Å². The van der Waals surface area contributed by atoms with Crippen LogP contribution in [0.3, 0.4) is 0 Å². The van der Waals surface area contributed by atoms with E-state index in [1.165, 1.54) is 19.3 Å². The highest BCUT2D eigenvalue weighted by molar-refractivity contribution is 4.64. The van der Waals surface area contributed by atoms with Crippen molar-refractivity contribution in [2.75, 3.05) is 13.1 Å². The lowest BCUT2D eigenvalue weighted by atomic mass is 9.90. The number of hydrogen-bond acceptors (Lipinski definition) is 2. The van der Waals surface area contributed by atoms with Gasteiger partial charge < -0.3 is 11.5 Å². The van der Waals surface area contributed by atoms with Gasteiger partial charge in [0.05, 0.1) is 0 Å². The Labute approximate surface area is 76.7 Å². The molecule has 2 heteroatoms. The third-order valence-corrected chi connectivity index (χ3v) is 2.41. The Morgan fingerprint density at radius 3 is 2.25 bits per heavy atom. The van der Waals surface area contributed by atoms with Crippen LogP contribution < -0.4 is 11.5 Å². The molecule has 0 saturated heterocycles. The van der Waals surface area contributed by atoms with Crippen molar-refractivity contribution in [3.05, 3.63) is 0 Å². The molecule has 0 radical (unpaired) electrons. The van der Waals surface area contributed by atoms with Crippen LogP contribution in [-0.2, 0) is 0 Å². The van der Waals surface area contributed by atoms with Crippen LogP contribution in [0.5, 0.6) is 0 Å². The summed E-state index contributed by atoms with van der Waals surface area (Å²) in [5, 5.41) is 0. The van der Waals surface area contributed by atoms with Crippen molar-refractivity contribution in [1.82, 2.24) is 0 Å². The van der Waals surface area contributed by atoms with Gasteiger partial charge in [-0.3, -0.25) is 0 Å². The molecule has 0 aliphatic heterocycles. The van der Waals surface area contributed by atoms with Gasteiger partial charge in [-0.2, -0.15) is 0 Å². The van der Waals surface area contributed by atoms with Crippen molar-refractivity contribution >= 4 is 0 Å². The average molecular weight is 172 g/mol. The molecule has 0 heterocycles. The van der Waals surface area contributed by atoms with Crippen LogP contribution >= 0.6 is 0 Å². The van der Waals surface area contributed by atoms with Crippen molar-refractivity contribution in [3.8, 4) is 0 Å². The van der Waals surface area contributed by atoms with Crippen molar-refractivity contribution < 1.29 is 0 Å². The van der Waals surface area contributed by atoms with E-state index in [-0.39, 0.29) is 0 Å². The Kier molecular flexibility index (Phi) is 7.51. The molecular formula is C10H24N2. The summed E-state index contributed by atoms with van der Waals surface area (Å²) in [5.74, 6) is 1.46. The highest BCUT2D eigenvalue weighted by Crippen LogP contribution is 2.19. The Bertz CT molecular complexity index is 87.8. The molecule has 2 nitrogen and oxygen atoms in total. The van der Waals surface area contributed by atoms with Crippen LogP contribution in [0.1, 0.15) is 39.5 Å². The van der Waals surface area contributed by atoms with E-state index in [0.29, 0.717) is 5.92 Å². The van der Waals surface area contributed by atoms with Crippen molar-refractivity contribution in [3.63, 3.8) is 0 Å². The Balaban J connectivity index is 3.61. The van der Waals surface area contributed by atoms with Gasteiger partial charge in [0.25, 0.3) is 0 Å². The quantitative estimate of drug-likeness (QED) is 0.614. The van der Waals surface area contributed by atoms with E-state index < -0.39 is 0 Å². The van der Waals surface area contributed by atoms with E-state index in [0.717, 1.165) is 25.4 Å². The number of nitrogens with two attached hydrogens (primary N) is 2. The summed E-state index contributed by atoms with van der Waals surface area (Å²) in [5.41, 5.74) is 11.1. The summed E-state index contributed by atoms with van der Waals surface area (Å²) in [6, 6.07) is 0. The second kappa shape index (κ2) is 7.56. The topological polar surface area (TPSA) is 52.0 Å². The molecule has 0 saturated carbocycles. The first-order chi connectivity index (χ1) is 5.74. The fraction of sp³-hybridized carbons (Fsp3) is 1.00. The molecule has 74 valence electrons. The third kappa shape index (κ3) is 5.56. The van der Waals surface area contributed by atoms with Crippen LogP contribution in [0.15, 0.2) is 0 Å². The Morgan fingerprint density at radius 2 is 1.83 bits per heavy atom. The summed E-state index contributed by atoms with van der Waals surface area (Å²) >= 11 is 0. The number of rotatable bonds is 7. The molecule has 0 aromatic carbocycles. The van der Waals surface area contributed by atoms with Crippen LogP contribution in [0, 0.1) is 11.8 Å². The summed E-state index contributed by atoms with van der Waals surface area (Å²) < 4.78 is 0. The van der Waals surface area contributed by atoms with Gasteiger partial charge in [-0.05, 0) is 37.8 Å². The van der Waals surface area contributed by atoms with Gasteiger partial charge in [-0.15, -0.1) is 0 Å². The third-order valence-electron chi connectivity index (χ3n) is 2.41. The second-order valence-corrected chi connectivity index (χ2v) is 3.81. The largest absolute Gasteiger partial charge is 0.330 e. The SMILES string of the molecule is CCCC(CCN)CC(C)CN. The highest BCUT2D eigenvalue weighted by atomic mass is 14.5. The maximum absolute atomic E-state index is 5.58. The first-order valence-electron chi connectivity index (χ1n) is 5.14. The van der Waals surface area contributed by atoms with Gasteiger partial charge in [0.1, 0.15) is 0 Å². The van der Waals surface area contributed by atoms with Gasteiger partial charge in [0, 0.05) is 0 Å². The maximum Gasteiger partial charge on any atom is -0.00514 e. The molecular weight excluding hydrogens is 148 g/mol. The zero-order valence-corrected chi connectivity index (χ0v) is 8.55. The van der Waals surface area contributed by atoms with E-state index in [1.54, 1.807) is 0 Å². The highest BCUT2D eigenvalue weighted by Gasteiger charge is 2.10. The van der Waals surface area contributed by atoms with Gasteiger partial charge >= 0.3 is 0 Å².